The number of thiophene rings is 1. The highest BCUT2D eigenvalue weighted by Crippen LogP contribution is 2.25. The lowest BCUT2D eigenvalue weighted by atomic mass is 10.1. The normalized spacial score (nSPS) is 12.6. The van der Waals surface area contributed by atoms with Crippen LogP contribution in [0.15, 0.2) is 23.7 Å². The third-order valence-corrected chi connectivity index (χ3v) is 4.21. The van der Waals surface area contributed by atoms with Crippen molar-refractivity contribution in [1.82, 2.24) is 10.3 Å². The zero-order valence-corrected chi connectivity index (χ0v) is 11.9. The molecule has 0 aromatic carbocycles. The van der Waals surface area contributed by atoms with Gasteiger partial charge in [-0.3, -0.25) is 4.98 Å². The van der Waals surface area contributed by atoms with Crippen molar-refractivity contribution in [2.75, 3.05) is 0 Å². The number of rotatable bonds is 5. The second kappa shape index (κ2) is 6.14. The third-order valence-electron chi connectivity index (χ3n) is 3.16. The van der Waals surface area contributed by atoms with Gasteiger partial charge in [-0.1, -0.05) is 6.07 Å². The maximum absolute atomic E-state index is 10.0. The summed E-state index contributed by atoms with van der Waals surface area (Å²) in [6.07, 6.45) is 1.61. The largest absolute Gasteiger partial charge is 0.506 e. The van der Waals surface area contributed by atoms with Gasteiger partial charge in [0.05, 0.1) is 12.3 Å². The summed E-state index contributed by atoms with van der Waals surface area (Å²) in [6, 6.07) is 4.30. The van der Waals surface area contributed by atoms with Crippen LogP contribution in [-0.2, 0) is 13.2 Å². The van der Waals surface area contributed by atoms with Gasteiger partial charge in [0.2, 0.25) is 0 Å². The van der Waals surface area contributed by atoms with Crippen LogP contribution in [0.25, 0.3) is 0 Å². The fraction of sp³-hybridized carbons (Fsp3) is 0.357. The van der Waals surface area contributed by atoms with Gasteiger partial charge >= 0.3 is 0 Å². The topological polar surface area (TPSA) is 65.4 Å². The molecule has 0 bridgehead atoms. The van der Waals surface area contributed by atoms with E-state index in [0.717, 1.165) is 5.56 Å². The molecule has 0 aliphatic carbocycles. The Morgan fingerprint density at radius 3 is 2.89 bits per heavy atom. The summed E-state index contributed by atoms with van der Waals surface area (Å²) >= 11 is 1.70. The Morgan fingerprint density at radius 2 is 2.26 bits per heavy atom. The summed E-state index contributed by atoms with van der Waals surface area (Å²) in [7, 11) is 0. The molecule has 19 heavy (non-hydrogen) atoms. The Morgan fingerprint density at radius 1 is 1.47 bits per heavy atom. The molecule has 3 N–H and O–H groups in total. The number of nitrogens with one attached hydrogen (secondary N) is 1. The van der Waals surface area contributed by atoms with Gasteiger partial charge < -0.3 is 15.5 Å². The van der Waals surface area contributed by atoms with E-state index in [2.05, 4.69) is 23.3 Å². The van der Waals surface area contributed by atoms with E-state index in [-0.39, 0.29) is 18.4 Å². The number of nitrogens with zero attached hydrogens (tertiary/aromatic N) is 1. The monoisotopic (exact) mass is 278 g/mol. The molecule has 0 spiro atoms. The second-order valence-corrected chi connectivity index (χ2v) is 5.45. The summed E-state index contributed by atoms with van der Waals surface area (Å²) in [5, 5.41) is 24.7. The lowest BCUT2D eigenvalue weighted by molar-refractivity contribution is 0.278. The van der Waals surface area contributed by atoms with Crippen LogP contribution in [0.3, 0.4) is 0 Å². The number of hydrogen-bond acceptors (Lipinski definition) is 5. The van der Waals surface area contributed by atoms with Gasteiger partial charge in [0.1, 0.15) is 5.75 Å². The molecule has 4 nitrogen and oxygen atoms in total. The number of aromatic hydroxyl groups is 1. The van der Waals surface area contributed by atoms with Crippen LogP contribution in [0.1, 0.15) is 34.7 Å². The van der Waals surface area contributed by atoms with Crippen LogP contribution in [0.2, 0.25) is 0 Å². The molecule has 2 rings (SSSR count). The van der Waals surface area contributed by atoms with Gasteiger partial charge in [-0.2, -0.15) is 0 Å². The van der Waals surface area contributed by atoms with E-state index in [1.54, 1.807) is 24.5 Å². The minimum atomic E-state index is -0.120. The van der Waals surface area contributed by atoms with Crippen molar-refractivity contribution in [3.05, 3.63) is 45.4 Å². The molecular weight excluding hydrogens is 260 g/mol. The molecule has 1 atom stereocenters. The molecule has 0 fully saturated rings. The molecule has 0 radical (unpaired) electrons. The van der Waals surface area contributed by atoms with Crippen LogP contribution in [0, 0.1) is 6.92 Å². The number of hydrogen-bond donors (Lipinski definition) is 3. The Hall–Kier alpha value is -1.43. The second-order valence-electron chi connectivity index (χ2n) is 4.47. The highest BCUT2D eigenvalue weighted by atomic mass is 32.1. The molecule has 2 aromatic heterocycles. The van der Waals surface area contributed by atoms with E-state index in [4.69, 9.17) is 0 Å². The lowest BCUT2D eigenvalue weighted by Gasteiger charge is -2.16. The Labute approximate surface area is 116 Å². The maximum atomic E-state index is 10.0. The molecule has 5 heteroatoms. The maximum Gasteiger partial charge on any atom is 0.141 e. The minimum Gasteiger partial charge on any atom is -0.506 e. The van der Waals surface area contributed by atoms with E-state index < -0.39 is 0 Å². The molecule has 0 saturated carbocycles. The fourth-order valence-corrected chi connectivity index (χ4v) is 2.67. The number of aliphatic hydroxyl groups excluding tert-OH is 1. The van der Waals surface area contributed by atoms with E-state index >= 15 is 0 Å². The van der Waals surface area contributed by atoms with Gasteiger partial charge in [0.25, 0.3) is 0 Å². The van der Waals surface area contributed by atoms with E-state index in [0.29, 0.717) is 17.8 Å². The summed E-state index contributed by atoms with van der Waals surface area (Å²) in [6.45, 7) is 4.22. The van der Waals surface area contributed by atoms with E-state index in [9.17, 15) is 10.2 Å². The van der Waals surface area contributed by atoms with Crippen molar-refractivity contribution in [1.29, 1.82) is 0 Å². The van der Waals surface area contributed by atoms with E-state index in [1.807, 2.05) is 11.4 Å². The Bertz CT molecular complexity index is 541. The number of aryl methyl sites for hydroxylation is 1. The van der Waals surface area contributed by atoms with Crippen LogP contribution >= 0.6 is 11.3 Å². The van der Waals surface area contributed by atoms with Gasteiger partial charge in [0, 0.05) is 34.8 Å². The molecule has 2 aromatic rings. The van der Waals surface area contributed by atoms with Gasteiger partial charge in [-0.25, -0.2) is 0 Å². The van der Waals surface area contributed by atoms with Crippen LogP contribution in [0.4, 0.5) is 0 Å². The molecule has 0 saturated heterocycles. The average molecular weight is 278 g/mol. The van der Waals surface area contributed by atoms with Gasteiger partial charge in [-0.15, -0.1) is 11.3 Å². The minimum absolute atomic E-state index is 0.120. The van der Waals surface area contributed by atoms with Crippen molar-refractivity contribution in [2.24, 2.45) is 0 Å². The number of pyridine rings is 1. The Balaban J connectivity index is 2.13. The summed E-state index contributed by atoms with van der Waals surface area (Å²) in [4.78, 5) is 5.30. The van der Waals surface area contributed by atoms with Crippen molar-refractivity contribution in [3.8, 4) is 5.75 Å². The first kappa shape index (κ1) is 14.0. The predicted octanol–water partition coefficient (Wildman–Crippen LogP) is 2.50. The first-order chi connectivity index (χ1) is 9.13. The summed E-state index contributed by atoms with van der Waals surface area (Å²) < 4.78 is 0. The summed E-state index contributed by atoms with van der Waals surface area (Å²) in [5.41, 5.74) is 1.96. The summed E-state index contributed by atoms with van der Waals surface area (Å²) in [5.74, 6) is 0.164. The standard InChI is InChI=1S/C14H18N2O2S/c1-9(13-4-3-5-19-13)16-7-12-11(8-17)6-15-10(2)14(12)18/h3-6,9,16-18H,7-8H2,1-2H3. The van der Waals surface area contributed by atoms with Gasteiger partial charge in [-0.05, 0) is 25.3 Å². The smallest absolute Gasteiger partial charge is 0.141 e. The highest BCUT2D eigenvalue weighted by molar-refractivity contribution is 7.10. The first-order valence-corrected chi connectivity index (χ1v) is 7.05. The molecule has 2 heterocycles. The molecule has 0 aliphatic heterocycles. The molecule has 0 amide bonds. The van der Waals surface area contributed by atoms with Gasteiger partial charge in [0.15, 0.2) is 0 Å². The van der Waals surface area contributed by atoms with Crippen LogP contribution < -0.4 is 5.32 Å². The zero-order chi connectivity index (χ0) is 13.8. The van der Waals surface area contributed by atoms with Crippen molar-refractivity contribution in [2.45, 2.75) is 33.0 Å². The van der Waals surface area contributed by atoms with Crippen molar-refractivity contribution >= 4 is 11.3 Å². The SMILES string of the molecule is Cc1ncc(CO)c(CNC(C)c2cccs2)c1O. The fourth-order valence-electron chi connectivity index (χ4n) is 1.91. The molecular formula is C14H18N2O2S. The van der Waals surface area contributed by atoms with Crippen molar-refractivity contribution in [3.63, 3.8) is 0 Å². The number of aromatic nitrogens is 1. The third kappa shape index (κ3) is 3.12. The first-order valence-electron chi connectivity index (χ1n) is 6.17. The zero-order valence-electron chi connectivity index (χ0n) is 11.1. The van der Waals surface area contributed by atoms with Crippen LogP contribution in [-0.4, -0.2) is 15.2 Å². The highest BCUT2D eigenvalue weighted by Gasteiger charge is 2.13. The predicted molar refractivity (Wildman–Crippen MR) is 76.1 cm³/mol. The molecule has 102 valence electrons. The lowest BCUT2D eigenvalue weighted by Crippen LogP contribution is -2.18. The quantitative estimate of drug-likeness (QED) is 0.786. The van der Waals surface area contributed by atoms with E-state index in [1.165, 1.54) is 4.88 Å². The average Bonchev–Trinajstić information content (AvgIpc) is 2.94. The van der Waals surface area contributed by atoms with Crippen molar-refractivity contribution < 1.29 is 10.2 Å². The molecule has 0 aliphatic rings. The Kier molecular flexibility index (Phi) is 4.52. The number of aliphatic hydroxyl groups is 1. The van der Waals surface area contributed by atoms with Crippen LogP contribution in [0.5, 0.6) is 5.75 Å². The molecule has 1 unspecified atom stereocenters.